The lowest BCUT2D eigenvalue weighted by Gasteiger charge is -2.15. The highest BCUT2D eigenvalue weighted by Gasteiger charge is 2.34. The second-order valence-electron chi connectivity index (χ2n) is 5.91. The van der Waals surface area contributed by atoms with E-state index in [4.69, 9.17) is 38.4 Å². The second-order valence-corrected chi connectivity index (χ2v) is 8.84. The number of thioether (sulfide) groups is 1. The molecule has 0 saturated carbocycles. The van der Waals surface area contributed by atoms with Crippen molar-refractivity contribution in [2.24, 2.45) is 0 Å². The SMILES string of the molecule is CCOc1cccc(/C=C2\SC(=S)N(c3ccc(Br)c(Cl)c3)C2=O)c1OCC(=O)O. The van der Waals surface area contributed by atoms with Gasteiger partial charge in [-0.15, -0.1) is 0 Å². The maximum Gasteiger partial charge on any atom is 0.341 e. The molecule has 3 rings (SSSR count). The van der Waals surface area contributed by atoms with Gasteiger partial charge in [0, 0.05) is 10.0 Å². The van der Waals surface area contributed by atoms with Crippen LogP contribution in [-0.4, -0.2) is 34.5 Å². The molecule has 1 aliphatic rings. The third-order valence-corrected chi connectivity index (χ3v) is 6.43. The van der Waals surface area contributed by atoms with Crippen molar-refractivity contribution < 1.29 is 24.2 Å². The number of halogens is 2. The van der Waals surface area contributed by atoms with Gasteiger partial charge in [0.1, 0.15) is 0 Å². The van der Waals surface area contributed by atoms with Crippen LogP contribution in [0.3, 0.4) is 0 Å². The molecule has 2 aromatic rings. The predicted octanol–water partition coefficient (Wildman–Crippen LogP) is 5.37. The van der Waals surface area contributed by atoms with Crippen LogP contribution < -0.4 is 14.4 Å². The fourth-order valence-corrected chi connectivity index (χ4v) is 4.37. The fraction of sp³-hybridized carbons (Fsp3) is 0.150. The van der Waals surface area contributed by atoms with E-state index >= 15 is 0 Å². The molecule has 1 N–H and O–H groups in total. The smallest absolute Gasteiger partial charge is 0.341 e. The first-order valence-electron chi connectivity index (χ1n) is 8.65. The van der Waals surface area contributed by atoms with Crippen LogP contribution in [0.15, 0.2) is 45.8 Å². The average molecular weight is 529 g/mol. The molecule has 0 bridgehead atoms. The number of carboxylic acids is 1. The Balaban J connectivity index is 1.97. The number of aliphatic carboxylic acids is 1. The lowest BCUT2D eigenvalue weighted by atomic mass is 10.1. The highest BCUT2D eigenvalue weighted by Crippen LogP contribution is 2.40. The zero-order valence-electron chi connectivity index (χ0n) is 15.6. The van der Waals surface area contributed by atoms with Crippen LogP contribution >= 0.6 is 51.5 Å². The van der Waals surface area contributed by atoms with E-state index in [1.54, 1.807) is 42.5 Å². The van der Waals surface area contributed by atoms with Crippen molar-refractivity contribution in [3.05, 3.63) is 56.4 Å². The summed E-state index contributed by atoms with van der Waals surface area (Å²) in [5.41, 5.74) is 1.07. The molecule has 10 heteroatoms. The quantitative estimate of drug-likeness (QED) is 0.382. The summed E-state index contributed by atoms with van der Waals surface area (Å²) in [7, 11) is 0. The second kappa shape index (κ2) is 9.82. The molecule has 6 nitrogen and oxygen atoms in total. The van der Waals surface area contributed by atoms with Crippen LogP contribution in [0.25, 0.3) is 6.08 Å². The van der Waals surface area contributed by atoms with Crippen LogP contribution in [0.5, 0.6) is 11.5 Å². The van der Waals surface area contributed by atoms with Gasteiger partial charge in [-0.3, -0.25) is 9.69 Å². The van der Waals surface area contributed by atoms with Crippen molar-refractivity contribution in [1.82, 2.24) is 0 Å². The van der Waals surface area contributed by atoms with Gasteiger partial charge in [-0.05, 0) is 53.2 Å². The topological polar surface area (TPSA) is 76.1 Å². The Morgan fingerprint density at radius 1 is 1.33 bits per heavy atom. The summed E-state index contributed by atoms with van der Waals surface area (Å²) in [6.07, 6.45) is 1.61. The van der Waals surface area contributed by atoms with E-state index in [9.17, 15) is 9.59 Å². The number of rotatable bonds is 7. The van der Waals surface area contributed by atoms with Crippen LogP contribution in [0.1, 0.15) is 12.5 Å². The number of ether oxygens (including phenoxy) is 2. The minimum absolute atomic E-state index is 0.249. The normalized spacial score (nSPS) is 15.0. The van der Waals surface area contributed by atoms with Crippen molar-refractivity contribution in [3.63, 3.8) is 0 Å². The van der Waals surface area contributed by atoms with E-state index in [0.29, 0.717) is 42.3 Å². The Bertz CT molecular complexity index is 1060. The van der Waals surface area contributed by atoms with Crippen LogP contribution in [0, 0.1) is 0 Å². The van der Waals surface area contributed by atoms with Crippen LogP contribution in [0.4, 0.5) is 5.69 Å². The van der Waals surface area contributed by atoms with Gasteiger partial charge in [0.15, 0.2) is 22.4 Å². The first-order chi connectivity index (χ1) is 14.3. The number of thiocarbonyl (C=S) groups is 1. The standard InChI is InChI=1S/C20H15BrClNO5S2/c1-2-27-15-5-3-4-11(18(15)28-10-17(24)25)8-16-19(26)23(20(29)30-16)12-6-7-13(21)14(22)9-12/h3-9H,2,10H2,1H3,(H,24,25)/b16-8-. The van der Waals surface area contributed by atoms with E-state index in [2.05, 4.69) is 15.9 Å². The van der Waals surface area contributed by atoms with Gasteiger partial charge < -0.3 is 14.6 Å². The molecule has 1 amide bonds. The van der Waals surface area contributed by atoms with Crippen molar-refractivity contribution in [2.75, 3.05) is 18.1 Å². The number of carbonyl (C=O) groups is 2. The number of hydrogen-bond acceptors (Lipinski definition) is 6. The maximum absolute atomic E-state index is 13.0. The largest absolute Gasteiger partial charge is 0.490 e. The van der Waals surface area contributed by atoms with Crippen molar-refractivity contribution in [2.45, 2.75) is 6.92 Å². The van der Waals surface area contributed by atoms with Gasteiger partial charge in [0.2, 0.25) is 0 Å². The fourth-order valence-electron chi connectivity index (χ4n) is 2.66. The number of hydrogen-bond donors (Lipinski definition) is 1. The number of benzene rings is 2. The highest BCUT2D eigenvalue weighted by molar-refractivity contribution is 9.10. The Morgan fingerprint density at radius 3 is 2.77 bits per heavy atom. The van der Waals surface area contributed by atoms with Gasteiger partial charge in [0.25, 0.3) is 5.91 Å². The molecule has 0 unspecified atom stereocenters. The Hall–Kier alpha value is -2.07. The predicted molar refractivity (Wildman–Crippen MR) is 126 cm³/mol. The van der Waals surface area contributed by atoms with Crippen molar-refractivity contribution in [3.8, 4) is 11.5 Å². The van der Waals surface area contributed by atoms with E-state index in [1.807, 2.05) is 6.92 Å². The molecular formula is C20H15BrClNO5S2. The number of amides is 1. The molecular weight excluding hydrogens is 514 g/mol. The molecule has 0 atom stereocenters. The molecule has 156 valence electrons. The molecule has 1 heterocycles. The molecule has 1 fully saturated rings. The molecule has 0 aromatic heterocycles. The minimum Gasteiger partial charge on any atom is -0.490 e. The zero-order valence-corrected chi connectivity index (χ0v) is 19.5. The Labute approximate surface area is 195 Å². The summed E-state index contributed by atoms with van der Waals surface area (Å²) in [5.74, 6) is -0.790. The molecule has 2 aromatic carbocycles. The van der Waals surface area contributed by atoms with E-state index in [0.717, 1.165) is 11.8 Å². The van der Waals surface area contributed by atoms with Gasteiger partial charge in [0.05, 0.1) is 22.2 Å². The third-order valence-electron chi connectivity index (χ3n) is 3.89. The first-order valence-corrected chi connectivity index (χ1v) is 11.0. The summed E-state index contributed by atoms with van der Waals surface area (Å²) >= 11 is 16.0. The maximum atomic E-state index is 13.0. The Morgan fingerprint density at radius 2 is 2.10 bits per heavy atom. The van der Waals surface area contributed by atoms with Gasteiger partial charge in [-0.2, -0.15) is 0 Å². The lowest BCUT2D eigenvalue weighted by molar-refractivity contribution is -0.139. The molecule has 0 aliphatic carbocycles. The average Bonchev–Trinajstić information content (AvgIpc) is 2.97. The first kappa shape index (κ1) is 22.6. The number of carboxylic acid groups (broad SMARTS) is 1. The van der Waals surface area contributed by atoms with Crippen LogP contribution in [0.2, 0.25) is 5.02 Å². The molecule has 0 spiro atoms. The number of para-hydroxylation sites is 1. The van der Waals surface area contributed by atoms with Crippen LogP contribution in [-0.2, 0) is 9.59 Å². The van der Waals surface area contributed by atoms with Gasteiger partial charge >= 0.3 is 5.97 Å². The van der Waals surface area contributed by atoms with E-state index in [-0.39, 0.29) is 11.7 Å². The summed E-state index contributed by atoms with van der Waals surface area (Å²) in [5, 5.41) is 9.43. The monoisotopic (exact) mass is 527 g/mol. The molecule has 0 radical (unpaired) electrons. The number of nitrogens with zero attached hydrogens (tertiary/aromatic N) is 1. The van der Waals surface area contributed by atoms with Crippen molar-refractivity contribution >= 4 is 79.5 Å². The third kappa shape index (κ3) is 4.97. The van der Waals surface area contributed by atoms with Gasteiger partial charge in [-0.25, -0.2) is 4.79 Å². The number of anilines is 1. The Kier molecular flexibility index (Phi) is 7.41. The summed E-state index contributed by atoms with van der Waals surface area (Å²) in [6.45, 7) is 1.64. The van der Waals surface area contributed by atoms with Crippen molar-refractivity contribution in [1.29, 1.82) is 0 Å². The molecule has 1 saturated heterocycles. The minimum atomic E-state index is -1.12. The summed E-state index contributed by atoms with van der Waals surface area (Å²) in [4.78, 5) is 25.8. The summed E-state index contributed by atoms with van der Waals surface area (Å²) < 4.78 is 12.0. The highest BCUT2D eigenvalue weighted by atomic mass is 79.9. The number of carbonyl (C=O) groups excluding carboxylic acids is 1. The molecule has 30 heavy (non-hydrogen) atoms. The lowest BCUT2D eigenvalue weighted by Crippen LogP contribution is -2.27. The summed E-state index contributed by atoms with van der Waals surface area (Å²) in [6, 6.07) is 10.2. The van der Waals surface area contributed by atoms with E-state index < -0.39 is 12.6 Å². The molecule has 1 aliphatic heterocycles. The zero-order chi connectivity index (χ0) is 21.8. The van der Waals surface area contributed by atoms with E-state index in [1.165, 1.54) is 4.90 Å². The van der Waals surface area contributed by atoms with Gasteiger partial charge in [-0.1, -0.05) is 47.7 Å².